The maximum Gasteiger partial charge on any atom is 0.407 e. The average Bonchev–Trinajstić information content (AvgIpc) is 3.12. The molecule has 0 bridgehead atoms. The Morgan fingerprint density at radius 2 is 2.19 bits per heavy atom. The van der Waals surface area contributed by atoms with Gasteiger partial charge in [0.1, 0.15) is 17.6 Å². The van der Waals surface area contributed by atoms with Crippen molar-refractivity contribution in [1.29, 1.82) is 5.26 Å². The van der Waals surface area contributed by atoms with Crippen molar-refractivity contribution in [3.05, 3.63) is 50.7 Å². The van der Waals surface area contributed by atoms with Crippen molar-refractivity contribution in [2.75, 3.05) is 20.3 Å². The van der Waals surface area contributed by atoms with Crippen LogP contribution >= 0.6 is 11.3 Å². The van der Waals surface area contributed by atoms with Gasteiger partial charge in [-0.3, -0.25) is 4.79 Å². The molecule has 3 rings (SSSR count). The van der Waals surface area contributed by atoms with Gasteiger partial charge in [0.25, 0.3) is 0 Å². The molecule has 6 nitrogen and oxygen atoms in total. The molecule has 1 unspecified atom stereocenters. The Morgan fingerprint density at radius 1 is 1.35 bits per heavy atom. The monoisotopic (exact) mass is 440 g/mol. The van der Waals surface area contributed by atoms with Gasteiger partial charge in [-0.05, 0) is 61.8 Å². The van der Waals surface area contributed by atoms with Crippen molar-refractivity contribution in [3.63, 3.8) is 0 Å². The number of hydrogen-bond acceptors (Lipinski definition) is 6. The van der Waals surface area contributed by atoms with E-state index < -0.39 is 0 Å². The van der Waals surface area contributed by atoms with E-state index in [1.54, 1.807) is 18.4 Å². The van der Waals surface area contributed by atoms with Crippen LogP contribution in [0.15, 0.2) is 24.3 Å². The largest absolute Gasteiger partial charge is 0.497 e. The van der Waals surface area contributed by atoms with Gasteiger partial charge in [0.2, 0.25) is 0 Å². The SMILES string of the molecule is CCNC(=O)OCC1CCc2c(sc(CC(=O)CCc3cccc(OC)c3)c2C#N)C1. The number of ether oxygens (including phenoxy) is 2. The van der Waals surface area contributed by atoms with Gasteiger partial charge in [-0.1, -0.05) is 12.1 Å². The van der Waals surface area contributed by atoms with Gasteiger partial charge < -0.3 is 14.8 Å². The molecule has 0 spiro atoms. The number of nitrogens with one attached hydrogen (secondary N) is 1. The number of carbonyl (C=O) groups is 2. The Hall–Kier alpha value is -2.85. The molecule has 2 aromatic rings. The average molecular weight is 441 g/mol. The van der Waals surface area contributed by atoms with E-state index in [1.807, 2.05) is 31.2 Å². The van der Waals surface area contributed by atoms with Crippen LogP contribution in [0.5, 0.6) is 5.75 Å². The smallest absolute Gasteiger partial charge is 0.407 e. The summed E-state index contributed by atoms with van der Waals surface area (Å²) < 4.78 is 10.5. The van der Waals surface area contributed by atoms with Gasteiger partial charge in [0.05, 0.1) is 19.3 Å². The predicted octanol–water partition coefficient (Wildman–Crippen LogP) is 4.22. The summed E-state index contributed by atoms with van der Waals surface area (Å²) in [6, 6.07) is 10.1. The molecule has 1 aromatic heterocycles. The molecule has 164 valence electrons. The first-order chi connectivity index (χ1) is 15.0. The number of alkyl carbamates (subject to hydrolysis) is 1. The van der Waals surface area contributed by atoms with Crippen molar-refractivity contribution in [2.24, 2.45) is 5.92 Å². The molecule has 0 saturated heterocycles. The molecule has 0 radical (unpaired) electrons. The number of nitriles is 1. The van der Waals surface area contributed by atoms with Gasteiger partial charge in [0.15, 0.2) is 0 Å². The molecule has 1 heterocycles. The minimum Gasteiger partial charge on any atom is -0.497 e. The third-order valence-corrected chi connectivity index (χ3v) is 6.76. The third-order valence-electron chi connectivity index (χ3n) is 5.51. The second-order valence-electron chi connectivity index (χ2n) is 7.72. The highest BCUT2D eigenvalue weighted by molar-refractivity contribution is 7.12. The summed E-state index contributed by atoms with van der Waals surface area (Å²) in [5.74, 6) is 1.17. The Kier molecular flexibility index (Phi) is 8.07. The number of ketones is 1. The normalized spacial score (nSPS) is 14.9. The van der Waals surface area contributed by atoms with Gasteiger partial charge in [-0.15, -0.1) is 11.3 Å². The fourth-order valence-corrected chi connectivity index (χ4v) is 5.32. The van der Waals surface area contributed by atoms with Gasteiger partial charge in [-0.2, -0.15) is 5.26 Å². The van der Waals surface area contributed by atoms with Crippen molar-refractivity contribution in [3.8, 4) is 11.8 Å². The first-order valence-corrected chi connectivity index (χ1v) is 11.4. The summed E-state index contributed by atoms with van der Waals surface area (Å²) in [7, 11) is 1.63. The third kappa shape index (κ3) is 6.08. The summed E-state index contributed by atoms with van der Waals surface area (Å²) >= 11 is 1.57. The fourth-order valence-electron chi connectivity index (χ4n) is 3.88. The Balaban J connectivity index is 1.59. The maximum absolute atomic E-state index is 12.6. The molecule has 0 saturated carbocycles. The Morgan fingerprint density at radius 3 is 2.94 bits per heavy atom. The number of methoxy groups -OCH3 is 1. The van der Waals surface area contributed by atoms with Crippen LogP contribution in [0.1, 0.15) is 46.2 Å². The molecule has 1 aliphatic carbocycles. The lowest BCUT2D eigenvalue weighted by Crippen LogP contribution is -2.27. The fraction of sp³-hybridized carbons (Fsp3) is 0.458. The topological polar surface area (TPSA) is 88.4 Å². The van der Waals surface area contributed by atoms with E-state index in [0.29, 0.717) is 38.0 Å². The van der Waals surface area contributed by atoms with E-state index in [4.69, 9.17) is 9.47 Å². The van der Waals surface area contributed by atoms with E-state index in [0.717, 1.165) is 45.9 Å². The minimum absolute atomic E-state index is 0.133. The van der Waals surface area contributed by atoms with Crippen LogP contribution in [0.4, 0.5) is 4.79 Å². The first-order valence-electron chi connectivity index (χ1n) is 10.6. The molecule has 1 atom stereocenters. The van der Waals surface area contributed by atoms with Crippen LogP contribution in [0.2, 0.25) is 0 Å². The lowest BCUT2D eigenvalue weighted by Gasteiger charge is -2.21. The van der Waals surface area contributed by atoms with Crippen LogP contribution in [-0.2, 0) is 35.2 Å². The maximum atomic E-state index is 12.6. The second-order valence-corrected chi connectivity index (χ2v) is 8.91. The number of nitrogens with zero attached hydrogens (tertiary/aromatic N) is 1. The van der Waals surface area contributed by atoms with Crippen molar-refractivity contribution in [2.45, 2.75) is 45.4 Å². The summed E-state index contributed by atoms with van der Waals surface area (Å²) in [5.41, 5.74) is 2.82. The number of aryl methyl sites for hydroxylation is 1. The molecule has 7 heteroatoms. The Bertz CT molecular complexity index is 976. The number of hydrogen-bond donors (Lipinski definition) is 1. The predicted molar refractivity (Wildman–Crippen MR) is 120 cm³/mol. The molecule has 0 aliphatic heterocycles. The summed E-state index contributed by atoms with van der Waals surface area (Å²) in [6.45, 7) is 2.77. The van der Waals surface area contributed by atoms with E-state index in [1.165, 1.54) is 0 Å². The molecular formula is C24H28N2O4S. The highest BCUT2D eigenvalue weighted by Crippen LogP contribution is 2.36. The van der Waals surface area contributed by atoms with Crippen LogP contribution in [0.3, 0.4) is 0 Å². The zero-order valence-corrected chi connectivity index (χ0v) is 18.8. The molecule has 31 heavy (non-hydrogen) atoms. The number of amides is 1. The zero-order valence-electron chi connectivity index (χ0n) is 18.0. The van der Waals surface area contributed by atoms with Crippen LogP contribution in [-0.4, -0.2) is 32.1 Å². The summed E-state index contributed by atoms with van der Waals surface area (Å²) in [4.78, 5) is 26.2. The zero-order chi connectivity index (χ0) is 22.2. The number of Topliss-reactive ketones (excluding diaryl/α,β-unsaturated/α-hetero) is 1. The highest BCUT2D eigenvalue weighted by Gasteiger charge is 2.27. The van der Waals surface area contributed by atoms with Gasteiger partial charge >= 0.3 is 6.09 Å². The van der Waals surface area contributed by atoms with Gasteiger partial charge in [-0.25, -0.2) is 4.79 Å². The lowest BCUT2D eigenvalue weighted by atomic mass is 9.87. The molecule has 1 N–H and O–H groups in total. The first kappa shape index (κ1) is 22.8. The van der Waals surface area contributed by atoms with Crippen LogP contribution < -0.4 is 10.1 Å². The Labute approximate surface area is 187 Å². The van der Waals surface area contributed by atoms with Crippen molar-refractivity contribution >= 4 is 23.2 Å². The highest BCUT2D eigenvalue weighted by atomic mass is 32.1. The van der Waals surface area contributed by atoms with Crippen LogP contribution in [0, 0.1) is 17.2 Å². The van der Waals surface area contributed by atoms with Crippen molar-refractivity contribution in [1.82, 2.24) is 5.32 Å². The molecule has 0 fully saturated rings. The quantitative estimate of drug-likeness (QED) is 0.631. The van der Waals surface area contributed by atoms with Gasteiger partial charge in [0, 0.05) is 29.1 Å². The molecular weight excluding hydrogens is 412 g/mol. The number of benzene rings is 1. The minimum atomic E-state index is -0.389. The molecule has 1 aromatic carbocycles. The van der Waals surface area contributed by atoms with E-state index >= 15 is 0 Å². The number of rotatable bonds is 9. The summed E-state index contributed by atoms with van der Waals surface area (Å²) in [5, 5.41) is 12.3. The second kappa shape index (κ2) is 11.0. The molecule has 1 amide bonds. The lowest BCUT2D eigenvalue weighted by molar-refractivity contribution is -0.118. The van der Waals surface area contributed by atoms with E-state index in [-0.39, 0.29) is 17.8 Å². The summed E-state index contributed by atoms with van der Waals surface area (Å²) in [6.07, 6.45) is 3.44. The van der Waals surface area contributed by atoms with Crippen LogP contribution in [0.25, 0.3) is 0 Å². The number of thiophene rings is 1. The standard InChI is InChI=1S/C24H28N2O4S/c1-3-26-24(28)30-15-17-8-10-20-21(14-25)23(31-22(20)12-17)13-18(27)9-7-16-5-4-6-19(11-16)29-2/h4-6,11,17H,3,7-10,12-13,15H2,1-2H3,(H,26,28). The van der Waals surface area contributed by atoms with E-state index in [9.17, 15) is 14.9 Å². The number of fused-ring (bicyclic) bond motifs is 1. The molecule has 1 aliphatic rings. The number of carbonyl (C=O) groups excluding carboxylic acids is 2. The van der Waals surface area contributed by atoms with E-state index in [2.05, 4.69) is 11.4 Å². The van der Waals surface area contributed by atoms with Crippen molar-refractivity contribution < 1.29 is 19.1 Å².